The second-order valence-corrected chi connectivity index (χ2v) is 6.51. The molecular weight excluding hydrogens is 425 g/mol. The highest BCUT2D eigenvalue weighted by Gasteiger charge is 2.14. The highest BCUT2D eigenvalue weighted by molar-refractivity contribution is 9.10. The molecule has 1 N–H and O–H groups in total. The molecule has 0 atom stereocenters. The van der Waals surface area contributed by atoms with E-state index in [0.29, 0.717) is 17.0 Å². The van der Waals surface area contributed by atoms with Crippen LogP contribution in [0.2, 0.25) is 0 Å². The minimum absolute atomic E-state index is 0.121. The summed E-state index contributed by atoms with van der Waals surface area (Å²) in [6.07, 6.45) is -1.57. The summed E-state index contributed by atoms with van der Waals surface area (Å²) in [5.41, 5.74) is 3.62. The number of anilines is 1. The van der Waals surface area contributed by atoms with Gasteiger partial charge in [0.15, 0.2) is 0 Å². The van der Waals surface area contributed by atoms with Crippen LogP contribution in [0.5, 0.6) is 0 Å². The highest BCUT2D eigenvalue weighted by atomic mass is 79.9. The van der Waals surface area contributed by atoms with E-state index in [2.05, 4.69) is 41.5 Å². The minimum Gasteiger partial charge on any atom is -0.245 e. The molecule has 27 heavy (non-hydrogen) atoms. The van der Waals surface area contributed by atoms with Crippen LogP contribution in [0, 0.1) is 12.9 Å². The Labute approximate surface area is 161 Å². The van der Waals surface area contributed by atoms with Crippen molar-refractivity contribution in [3.8, 4) is 11.3 Å². The first kappa shape index (κ1) is 19.0. The second-order valence-electron chi connectivity index (χ2n) is 5.59. The monoisotopic (exact) mass is 438 g/mol. The third-order valence-electron chi connectivity index (χ3n) is 3.66. The number of hydrogen-bond donors (Lipinski definition) is 1. The van der Waals surface area contributed by atoms with Crippen LogP contribution in [0.25, 0.3) is 11.3 Å². The molecule has 0 bridgehead atoms. The van der Waals surface area contributed by atoms with Crippen molar-refractivity contribution in [2.75, 3.05) is 5.43 Å². The van der Waals surface area contributed by atoms with Crippen LogP contribution in [-0.2, 0) is 7.05 Å². The van der Waals surface area contributed by atoms with Crippen molar-refractivity contribution in [3.05, 3.63) is 57.7 Å². The van der Waals surface area contributed by atoms with Crippen molar-refractivity contribution in [1.29, 1.82) is 0 Å². The van der Waals surface area contributed by atoms with Gasteiger partial charge >= 0.3 is 0 Å². The third-order valence-corrected chi connectivity index (χ3v) is 4.19. The maximum atomic E-state index is 13.9. The summed E-state index contributed by atoms with van der Waals surface area (Å²) < 4.78 is 42.2. The fraction of sp³-hybridized carbons (Fsp3) is 0.176. The number of halogens is 4. The Bertz CT molecular complexity index is 985. The van der Waals surface area contributed by atoms with E-state index in [1.807, 2.05) is 0 Å². The topological polar surface area (TPSA) is 68.0 Å². The third kappa shape index (κ3) is 4.33. The first-order valence-corrected chi connectivity index (χ1v) is 8.55. The molecule has 3 aromatic rings. The lowest BCUT2D eigenvalue weighted by molar-refractivity contribution is 0.146. The fourth-order valence-corrected chi connectivity index (χ4v) is 2.61. The fourth-order valence-electron chi connectivity index (χ4n) is 2.34. The standard InChI is InChI=1S/C17H14BrF3N6/c1-9-12(16(21)27(2)26-9)8-22-25-17-23-13(7-14(24-17)15(19)20)10-3-5-11(18)6-4-10/h3-8,15H,1-2H3,(H,23,24,25)/b22-8-. The number of rotatable bonds is 5. The Morgan fingerprint density at radius 1 is 1.22 bits per heavy atom. The molecule has 1 aromatic carbocycles. The van der Waals surface area contributed by atoms with Gasteiger partial charge in [0.1, 0.15) is 5.69 Å². The summed E-state index contributed by atoms with van der Waals surface area (Å²) in [6.45, 7) is 1.63. The molecule has 2 heterocycles. The van der Waals surface area contributed by atoms with Crippen LogP contribution < -0.4 is 5.43 Å². The minimum atomic E-state index is -2.77. The zero-order valence-electron chi connectivity index (χ0n) is 14.3. The van der Waals surface area contributed by atoms with Gasteiger partial charge in [-0.05, 0) is 25.1 Å². The normalized spacial score (nSPS) is 11.5. The largest absolute Gasteiger partial charge is 0.280 e. The number of benzene rings is 1. The van der Waals surface area contributed by atoms with E-state index in [1.165, 1.54) is 19.3 Å². The van der Waals surface area contributed by atoms with Crippen LogP contribution in [0.3, 0.4) is 0 Å². The van der Waals surface area contributed by atoms with Crippen molar-refractivity contribution in [2.45, 2.75) is 13.3 Å². The summed E-state index contributed by atoms with van der Waals surface area (Å²) >= 11 is 3.32. The molecule has 6 nitrogen and oxygen atoms in total. The van der Waals surface area contributed by atoms with Gasteiger partial charge < -0.3 is 0 Å². The van der Waals surface area contributed by atoms with Crippen molar-refractivity contribution in [1.82, 2.24) is 19.7 Å². The van der Waals surface area contributed by atoms with E-state index < -0.39 is 18.1 Å². The van der Waals surface area contributed by atoms with E-state index in [1.54, 1.807) is 31.2 Å². The molecule has 0 saturated heterocycles. The predicted octanol–water partition coefficient (Wildman–Crippen LogP) is 4.47. The molecule has 0 saturated carbocycles. The van der Waals surface area contributed by atoms with E-state index >= 15 is 0 Å². The van der Waals surface area contributed by atoms with E-state index in [4.69, 9.17) is 0 Å². The first-order chi connectivity index (χ1) is 12.8. The Hall–Kier alpha value is -2.75. The lowest BCUT2D eigenvalue weighted by Gasteiger charge is -2.07. The number of hydrazone groups is 1. The molecule has 0 amide bonds. The van der Waals surface area contributed by atoms with E-state index in [9.17, 15) is 13.2 Å². The Morgan fingerprint density at radius 2 is 1.93 bits per heavy atom. The Balaban J connectivity index is 1.90. The van der Waals surface area contributed by atoms with Crippen molar-refractivity contribution >= 4 is 28.1 Å². The maximum Gasteiger partial charge on any atom is 0.280 e. The van der Waals surface area contributed by atoms with Crippen molar-refractivity contribution < 1.29 is 13.2 Å². The smallest absolute Gasteiger partial charge is 0.245 e. The molecule has 140 valence electrons. The predicted molar refractivity (Wildman–Crippen MR) is 99.2 cm³/mol. The van der Waals surface area contributed by atoms with Crippen LogP contribution >= 0.6 is 15.9 Å². The summed E-state index contributed by atoms with van der Waals surface area (Å²) in [5, 5.41) is 7.77. The Morgan fingerprint density at radius 3 is 2.52 bits per heavy atom. The number of hydrogen-bond acceptors (Lipinski definition) is 5. The Kier molecular flexibility index (Phi) is 5.54. The molecule has 2 aromatic heterocycles. The summed E-state index contributed by atoms with van der Waals surface area (Å²) in [7, 11) is 1.47. The maximum absolute atomic E-state index is 13.9. The average molecular weight is 439 g/mol. The van der Waals surface area contributed by atoms with Gasteiger partial charge in [0.25, 0.3) is 6.43 Å². The average Bonchev–Trinajstić information content (AvgIpc) is 2.88. The van der Waals surface area contributed by atoms with Crippen LogP contribution in [0.4, 0.5) is 19.1 Å². The molecule has 0 radical (unpaired) electrons. The SMILES string of the molecule is Cc1nn(C)c(F)c1/C=N\Nc1nc(-c2ccc(Br)cc2)cc(C(F)F)n1. The number of aromatic nitrogens is 4. The van der Waals surface area contributed by atoms with Crippen molar-refractivity contribution in [3.63, 3.8) is 0 Å². The van der Waals surface area contributed by atoms with E-state index in [-0.39, 0.29) is 11.5 Å². The molecule has 0 unspecified atom stereocenters. The van der Waals surface area contributed by atoms with Gasteiger partial charge in [-0.15, -0.1) is 0 Å². The quantitative estimate of drug-likeness (QED) is 0.471. The first-order valence-electron chi connectivity index (χ1n) is 7.76. The number of aryl methyl sites for hydroxylation is 2. The van der Waals surface area contributed by atoms with Gasteiger partial charge in [0.2, 0.25) is 11.9 Å². The van der Waals surface area contributed by atoms with Crippen LogP contribution in [0.15, 0.2) is 39.9 Å². The second kappa shape index (κ2) is 7.87. The molecule has 10 heteroatoms. The van der Waals surface area contributed by atoms with Crippen LogP contribution in [-0.4, -0.2) is 26.0 Å². The van der Waals surface area contributed by atoms with Gasteiger partial charge in [-0.2, -0.15) is 14.6 Å². The highest BCUT2D eigenvalue weighted by Crippen LogP contribution is 2.25. The lowest BCUT2D eigenvalue weighted by atomic mass is 10.1. The van der Waals surface area contributed by atoms with Gasteiger partial charge in [0, 0.05) is 17.1 Å². The summed E-state index contributed by atoms with van der Waals surface area (Å²) in [5.74, 6) is -0.681. The molecule has 0 aliphatic heterocycles. The number of nitrogens with one attached hydrogen (secondary N) is 1. The van der Waals surface area contributed by atoms with Gasteiger partial charge in [-0.3, -0.25) is 0 Å². The molecule has 0 fully saturated rings. The molecular formula is C17H14BrF3N6. The van der Waals surface area contributed by atoms with Gasteiger partial charge in [-0.1, -0.05) is 28.1 Å². The zero-order valence-corrected chi connectivity index (χ0v) is 15.9. The van der Waals surface area contributed by atoms with Crippen molar-refractivity contribution in [2.24, 2.45) is 12.1 Å². The van der Waals surface area contributed by atoms with Gasteiger partial charge in [0.05, 0.1) is 23.2 Å². The summed E-state index contributed by atoms with van der Waals surface area (Å²) in [6, 6.07) is 8.25. The number of nitrogens with zero attached hydrogens (tertiary/aromatic N) is 5. The molecule has 0 aliphatic rings. The number of alkyl halides is 2. The van der Waals surface area contributed by atoms with Crippen LogP contribution in [0.1, 0.15) is 23.4 Å². The zero-order chi connectivity index (χ0) is 19.6. The molecule has 3 rings (SSSR count). The molecule has 0 aliphatic carbocycles. The van der Waals surface area contributed by atoms with E-state index in [0.717, 1.165) is 9.15 Å². The lowest BCUT2D eigenvalue weighted by Crippen LogP contribution is -2.03. The summed E-state index contributed by atoms with van der Waals surface area (Å²) in [4.78, 5) is 7.95. The molecule has 0 spiro atoms. The van der Waals surface area contributed by atoms with Gasteiger partial charge in [-0.25, -0.2) is 28.9 Å².